The molecule has 0 radical (unpaired) electrons. The summed E-state index contributed by atoms with van der Waals surface area (Å²) in [7, 11) is -3.38. The van der Waals surface area contributed by atoms with Crippen LogP contribution in [0.25, 0.3) is 0 Å². The summed E-state index contributed by atoms with van der Waals surface area (Å²) in [5, 5.41) is 10.4. The van der Waals surface area contributed by atoms with Crippen molar-refractivity contribution in [2.45, 2.75) is 25.4 Å². The third-order valence-corrected chi connectivity index (χ3v) is 8.40. The third-order valence-electron chi connectivity index (χ3n) is 6.36. The van der Waals surface area contributed by atoms with E-state index in [1.54, 1.807) is 45.0 Å². The molecule has 0 aliphatic carbocycles. The molecule has 2 fully saturated rings. The fraction of sp³-hybridized carbons (Fsp3) is 0.480. The smallest absolute Gasteiger partial charge is 0.282 e. The minimum atomic E-state index is -3.38. The van der Waals surface area contributed by atoms with Gasteiger partial charge >= 0.3 is 0 Å². The van der Waals surface area contributed by atoms with E-state index >= 15 is 0 Å². The number of aliphatic hydroxyl groups is 1. The van der Waals surface area contributed by atoms with E-state index in [0.29, 0.717) is 62.7 Å². The van der Waals surface area contributed by atoms with Crippen LogP contribution in [-0.4, -0.2) is 91.3 Å². The Kier molecular flexibility index (Phi) is 8.33. The average molecular weight is 488 g/mol. The Balaban J connectivity index is 1.20. The van der Waals surface area contributed by atoms with Crippen LogP contribution >= 0.6 is 0 Å². The van der Waals surface area contributed by atoms with Crippen molar-refractivity contribution in [2.24, 2.45) is 0 Å². The van der Waals surface area contributed by atoms with Gasteiger partial charge in [0.05, 0.1) is 0 Å². The lowest BCUT2D eigenvalue weighted by atomic mass is 10.0. The standard InChI is InChI=1S/C25H33N3O5S/c29-23(19-26-15-17-28(18-16-26)34(31,32)27-13-5-2-6-14-27)20-33-24-11-9-22(10-12-24)25(30)21-7-3-1-4-8-21/h1,3-4,7-12,23,29H,2,5-6,13-20H2. The Morgan fingerprint density at radius 1 is 0.824 bits per heavy atom. The van der Waals surface area contributed by atoms with Crippen LogP contribution in [-0.2, 0) is 10.2 Å². The van der Waals surface area contributed by atoms with Crippen LogP contribution in [0.4, 0.5) is 0 Å². The SMILES string of the molecule is O=C(c1ccccc1)c1ccc(OCC(O)CN2CCN(S(=O)(=O)N3CCCCC3)CC2)cc1. The Labute approximate surface area is 201 Å². The lowest BCUT2D eigenvalue weighted by Crippen LogP contribution is -2.54. The van der Waals surface area contributed by atoms with E-state index in [1.807, 2.05) is 18.2 Å². The van der Waals surface area contributed by atoms with Crippen molar-refractivity contribution in [3.8, 4) is 5.75 Å². The number of nitrogens with zero attached hydrogens (tertiary/aromatic N) is 3. The average Bonchev–Trinajstić information content (AvgIpc) is 2.89. The zero-order chi connectivity index (χ0) is 24.0. The molecule has 2 saturated heterocycles. The molecule has 9 heteroatoms. The fourth-order valence-electron chi connectivity index (χ4n) is 4.40. The molecule has 1 N–H and O–H groups in total. The fourth-order valence-corrected chi connectivity index (χ4v) is 6.07. The topological polar surface area (TPSA) is 90.4 Å². The second-order valence-electron chi connectivity index (χ2n) is 8.85. The van der Waals surface area contributed by atoms with Crippen LogP contribution in [0.2, 0.25) is 0 Å². The molecule has 34 heavy (non-hydrogen) atoms. The van der Waals surface area contributed by atoms with Crippen LogP contribution in [0.15, 0.2) is 54.6 Å². The van der Waals surface area contributed by atoms with Gasteiger partial charge in [-0.1, -0.05) is 36.8 Å². The van der Waals surface area contributed by atoms with Crippen LogP contribution in [0, 0.1) is 0 Å². The number of carbonyl (C=O) groups is 1. The minimum absolute atomic E-state index is 0.0476. The predicted molar refractivity (Wildman–Crippen MR) is 130 cm³/mol. The summed E-state index contributed by atoms with van der Waals surface area (Å²) in [4.78, 5) is 14.6. The molecule has 2 aliphatic rings. The molecule has 0 amide bonds. The maximum atomic E-state index is 12.8. The first-order valence-corrected chi connectivity index (χ1v) is 13.3. The monoisotopic (exact) mass is 487 g/mol. The molecule has 2 aromatic carbocycles. The molecule has 2 aliphatic heterocycles. The molecule has 2 aromatic rings. The Bertz CT molecular complexity index is 1030. The van der Waals surface area contributed by atoms with Crippen molar-refractivity contribution in [1.82, 2.24) is 13.5 Å². The summed E-state index contributed by atoms with van der Waals surface area (Å²) in [5.74, 6) is 0.537. The van der Waals surface area contributed by atoms with Gasteiger partial charge in [-0.05, 0) is 37.1 Å². The van der Waals surface area contributed by atoms with E-state index in [-0.39, 0.29) is 12.4 Å². The Morgan fingerprint density at radius 3 is 2.06 bits per heavy atom. The molecular formula is C25H33N3O5S. The maximum Gasteiger partial charge on any atom is 0.282 e. The first-order valence-electron chi connectivity index (χ1n) is 11.9. The van der Waals surface area contributed by atoms with Crippen LogP contribution in [0.5, 0.6) is 5.75 Å². The first-order chi connectivity index (χ1) is 16.4. The summed E-state index contributed by atoms with van der Waals surface area (Å²) >= 11 is 0. The Hall–Kier alpha value is -2.30. The summed E-state index contributed by atoms with van der Waals surface area (Å²) < 4.78 is 34.5. The molecule has 2 heterocycles. The number of piperidine rings is 1. The normalized spacial score (nSPS) is 19.6. The van der Waals surface area contributed by atoms with Crippen LogP contribution in [0.1, 0.15) is 35.2 Å². The van der Waals surface area contributed by atoms with Crippen molar-refractivity contribution in [3.63, 3.8) is 0 Å². The molecule has 0 aromatic heterocycles. The van der Waals surface area contributed by atoms with Crippen LogP contribution < -0.4 is 4.74 Å². The lowest BCUT2D eigenvalue weighted by molar-refractivity contribution is 0.0561. The number of hydrogen-bond donors (Lipinski definition) is 1. The number of hydrogen-bond acceptors (Lipinski definition) is 6. The molecule has 1 atom stereocenters. The molecule has 184 valence electrons. The van der Waals surface area contributed by atoms with E-state index in [2.05, 4.69) is 4.90 Å². The largest absolute Gasteiger partial charge is 0.491 e. The van der Waals surface area contributed by atoms with Gasteiger partial charge < -0.3 is 9.84 Å². The quantitative estimate of drug-likeness (QED) is 0.544. The van der Waals surface area contributed by atoms with Crippen molar-refractivity contribution in [3.05, 3.63) is 65.7 Å². The number of benzene rings is 2. The van der Waals surface area contributed by atoms with Crippen molar-refractivity contribution in [2.75, 3.05) is 52.4 Å². The van der Waals surface area contributed by atoms with E-state index < -0.39 is 16.3 Å². The minimum Gasteiger partial charge on any atom is -0.491 e. The van der Waals surface area contributed by atoms with E-state index in [4.69, 9.17) is 4.74 Å². The third kappa shape index (κ3) is 6.22. The molecule has 4 rings (SSSR count). The van der Waals surface area contributed by atoms with Gasteiger partial charge in [-0.25, -0.2) is 0 Å². The first kappa shape index (κ1) is 24.8. The van der Waals surface area contributed by atoms with Gasteiger partial charge in [0.25, 0.3) is 10.2 Å². The maximum absolute atomic E-state index is 12.8. The number of aliphatic hydroxyl groups excluding tert-OH is 1. The summed E-state index contributed by atoms with van der Waals surface area (Å²) in [6.07, 6.45) is 2.25. The number of ketones is 1. The highest BCUT2D eigenvalue weighted by Gasteiger charge is 2.33. The van der Waals surface area contributed by atoms with Gasteiger partial charge in [0.2, 0.25) is 0 Å². The highest BCUT2D eigenvalue weighted by atomic mass is 32.2. The molecule has 0 spiro atoms. The van der Waals surface area contributed by atoms with Gasteiger partial charge in [0.15, 0.2) is 5.78 Å². The Morgan fingerprint density at radius 2 is 1.41 bits per heavy atom. The summed E-state index contributed by atoms with van der Waals surface area (Å²) in [6, 6.07) is 16.0. The van der Waals surface area contributed by atoms with Gasteiger partial charge in [-0.2, -0.15) is 17.0 Å². The number of β-amino-alcohol motifs (C(OH)–C–C–N with tert-alkyl or cyclic N) is 1. The number of ether oxygens (including phenoxy) is 1. The van der Waals surface area contributed by atoms with E-state index in [9.17, 15) is 18.3 Å². The summed E-state index contributed by atoms with van der Waals surface area (Å²) in [5.41, 5.74) is 1.21. The van der Waals surface area contributed by atoms with Crippen molar-refractivity contribution >= 4 is 16.0 Å². The highest BCUT2D eigenvalue weighted by molar-refractivity contribution is 7.86. The van der Waals surface area contributed by atoms with E-state index in [0.717, 1.165) is 19.3 Å². The second kappa shape index (κ2) is 11.4. The molecule has 8 nitrogen and oxygen atoms in total. The van der Waals surface area contributed by atoms with E-state index in [1.165, 1.54) is 0 Å². The van der Waals surface area contributed by atoms with Gasteiger partial charge in [0.1, 0.15) is 18.5 Å². The lowest BCUT2D eigenvalue weighted by Gasteiger charge is -2.38. The van der Waals surface area contributed by atoms with Crippen molar-refractivity contribution in [1.29, 1.82) is 0 Å². The van der Waals surface area contributed by atoms with Gasteiger partial charge in [-0.15, -0.1) is 0 Å². The van der Waals surface area contributed by atoms with Crippen LogP contribution in [0.3, 0.4) is 0 Å². The molecule has 0 saturated carbocycles. The zero-order valence-electron chi connectivity index (χ0n) is 19.4. The van der Waals surface area contributed by atoms with Crippen molar-refractivity contribution < 1.29 is 23.1 Å². The zero-order valence-corrected chi connectivity index (χ0v) is 20.2. The van der Waals surface area contributed by atoms with Gasteiger partial charge in [-0.3, -0.25) is 9.69 Å². The highest BCUT2D eigenvalue weighted by Crippen LogP contribution is 2.19. The number of carbonyl (C=O) groups excluding carboxylic acids is 1. The molecule has 1 unspecified atom stereocenters. The number of rotatable bonds is 9. The van der Waals surface area contributed by atoms with Gasteiger partial charge in [0, 0.05) is 56.9 Å². The predicted octanol–water partition coefficient (Wildman–Crippen LogP) is 2.01. The molecule has 0 bridgehead atoms. The number of piperazine rings is 1. The molecular weight excluding hydrogens is 454 g/mol. The second-order valence-corrected chi connectivity index (χ2v) is 10.8. The summed E-state index contributed by atoms with van der Waals surface area (Å²) in [6.45, 7) is 3.80.